The highest BCUT2D eigenvalue weighted by atomic mass is 19.1. The molecule has 0 spiro atoms. The molecule has 102 valence electrons. The lowest BCUT2D eigenvalue weighted by Crippen LogP contribution is -2.41. The van der Waals surface area contributed by atoms with Gasteiger partial charge in [-0.2, -0.15) is 0 Å². The Morgan fingerprint density at radius 2 is 1.67 bits per heavy atom. The van der Waals surface area contributed by atoms with Crippen molar-refractivity contribution in [2.75, 3.05) is 0 Å². The van der Waals surface area contributed by atoms with Crippen LogP contribution in [0.5, 0.6) is 0 Å². The largest absolute Gasteiger partial charge is 0.524 e. The maximum Gasteiger partial charge on any atom is 0.524 e. The maximum atomic E-state index is 14.2. The van der Waals surface area contributed by atoms with E-state index in [0.29, 0.717) is 6.42 Å². The fourth-order valence-corrected chi connectivity index (χ4v) is 1.83. The van der Waals surface area contributed by atoms with Crippen molar-refractivity contribution >= 4 is 7.12 Å². The highest BCUT2D eigenvalue weighted by molar-refractivity contribution is 6.53. The summed E-state index contributed by atoms with van der Waals surface area (Å²) in [5, 5.41) is 0. The zero-order chi connectivity index (χ0) is 14.2. The van der Waals surface area contributed by atoms with Crippen molar-refractivity contribution in [1.82, 2.24) is 0 Å². The van der Waals surface area contributed by atoms with E-state index in [4.69, 9.17) is 9.31 Å². The summed E-state index contributed by atoms with van der Waals surface area (Å²) in [6.07, 6.45) is 4.06. The highest BCUT2D eigenvalue weighted by Crippen LogP contribution is 2.39. The molecule has 1 rings (SSSR count). The van der Waals surface area contributed by atoms with Crippen LogP contribution >= 0.6 is 0 Å². The summed E-state index contributed by atoms with van der Waals surface area (Å²) in [7, 11) is -0.904. The van der Waals surface area contributed by atoms with Crippen LogP contribution in [0.3, 0.4) is 0 Å². The monoisotopic (exact) mass is 254 g/mol. The first-order valence-electron chi connectivity index (χ1n) is 6.35. The van der Waals surface area contributed by atoms with Crippen molar-refractivity contribution in [2.24, 2.45) is 5.41 Å². The molecular formula is C14H24BFO2. The summed E-state index contributed by atoms with van der Waals surface area (Å²) < 4.78 is 25.5. The van der Waals surface area contributed by atoms with Crippen LogP contribution in [0.25, 0.3) is 0 Å². The Morgan fingerprint density at radius 1 is 1.22 bits per heavy atom. The van der Waals surface area contributed by atoms with E-state index < -0.39 is 18.3 Å². The van der Waals surface area contributed by atoms with Gasteiger partial charge >= 0.3 is 7.12 Å². The van der Waals surface area contributed by atoms with E-state index in [1.54, 1.807) is 12.2 Å². The Bertz CT molecular complexity index is 343. The van der Waals surface area contributed by atoms with Crippen LogP contribution in [0.4, 0.5) is 4.39 Å². The third-order valence-electron chi connectivity index (χ3n) is 3.68. The van der Waals surface area contributed by atoms with Gasteiger partial charge in [-0.25, -0.2) is 4.39 Å². The number of hydrogen-bond donors (Lipinski definition) is 0. The Labute approximate surface area is 110 Å². The predicted molar refractivity (Wildman–Crippen MR) is 73.9 cm³/mol. The van der Waals surface area contributed by atoms with E-state index in [1.807, 2.05) is 41.5 Å². The molecule has 0 radical (unpaired) electrons. The molecule has 0 aromatic rings. The van der Waals surface area contributed by atoms with Gasteiger partial charge in [0.25, 0.3) is 0 Å². The molecule has 2 nitrogen and oxygen atoms in total. The topological polar surface area (TPSA) is 18.5 Å². The summed E-state index contributed by atoms with van der Waals surface area (Å²) in [5.74, 6) is 0. The second-order valence-corrected chi connectivity index (χ2v) is 6.60. The summed E-state index contributed by atoms with van der Waals surface area (Å²) in [4.78, 5) is 0. The van der Waals surface area contributed by atoms with Crippen molar-refractivity contribution in [3.05, 3.63) is 24.5 Å². The molecule has 1 saturated heterocycles. The molecule has 1 aliphatic heterocycles. The molecule has 4 heteroatoms. The molecule has 0 aromatic carbocycles. The second-order valence-electron chi connectivity index (χ2n) is 6.60. The average molecular weight is 254 g/mol. The number of hydrogen-bond acceptors (Lipinski definition) is 2. The molecule has 0 aliphatic carbocycles. The van der Waals surface area contributed by atoms with Crippen molar-refractivity contribution in [1.29, 1.82) is 0 Å². The van der Waals surface area contributed by atoms with Crippen LogP contribution in [0.2, 0.25) is 0 Å². The van der Waals surface area contributed by atoms with E-state index in [9.17, 15) is 4.39 Å². The zero-order valence-corrected chi connectivity index (χ0v) is 12.3. The van der Waals surface area contributed by atoms with Crippen molar-refractivity contribution < 1.29 is 13.7 Å². The molecule has 1 fully saturated rings. The van der Waals surface area contributed by atoms with Gasteiger partial charge in [-0.05, 0) is 39.5 Å². The van der Waals surface area contributed by atoms with Crippen LogP contribution in [-0.4, -0.2) is 18.3 Å². The van der Waals surface area contributed by atoms with Gasteiger partial charge in [-0.3, -0.25) is 0 Å². The quantitative estimate of drug-likeness (QED) is 0.556. The first kappa shape index (κ1) is 15.5. The van der Waals surface area contributed by atoms with Crippen molar-refractivity contribution in [3.8, 4) is 0 Å². The number of allylic oxidation sites excluding steroid dienone is 2. The summed E-state index contributed by atoms with van der Waals surface area (Å²) in [6.45, 7) is 15.2. The van der Waals surface area contributed by atoms with Gasteiger partial charge in [0.05, 0.1) is 11.2 Å². The molecule has 0 aromatic heterocycles. The van der Waals surface area contributed by atoms with E-state index in [-0.39, 0.29) is 11.1 Å². The Hall–Kier alpha value is -0.605. The van der Waals surface area contributed by atoms with Crippen LogP contribution in [0.1, 0.15) is 48.0 Å². The second kappa shape index (κ2) is 4.82. The normalized spacial score (nSPS) is 23.3. The van der Waals surface area contributed by atoms with Gasteiger partial charge in [0.1, 0.15) is 5.73 Å². The lowest BCUT2D eigenvalue weighted by Gasteiger charge is -2.32. The fourth-order valence-electron chi connectivity index (χ4n) is 1.83. The highest BCUT2D eigenvalue weighted by Gasteiger charge is 2.53. The third kappa shape index (κ3) is 3.24. The standard InChI is InChI=1S/C14H24BFO2/c1-8-9-12(2,3)10-11(16)15-17-13(4,5)14(6,7)18-15/h8,10H,1,9H2,2-7H3. The summed E-state index contributed by atoms with van der Waals surface area (Å²) >= 11 is 0. The van der Waals surface area contributed by atoms with Crippen LogP contribution in [0, 0.1) is 5.41 Å². The minimum absolute atomic E-state index is 0.282. The van der Waals surface area contributed by atoms with E-state index in [2.05, 4.69) is 6.58 Å². The van der Waals surface area contributed by atoms with Gasteiger partial charge in [0.15, 0.2) is 0 Å². The first-order chi connectivity index (χ1) is 8.01. The average Bonchev–Trinajstić information content (AvgIpc) is 2.35. The lowest BCUT2D eigenvalue weighted by atomic mass is 9.80. The molecule has 0 bridgehead atoms. The predicted octanol–water partition coefficient (Wildman–Crippen LogP) is 4.07. The molecule has 1 aliphatic rings. The van der Waals surface area contributed by atoms with Gasteiger partial charge in [-0.15, -0.1) is 6.58 Å². The Kier molecular flexibility index (Phi) is 4.14. The van der Waals surface area contributed by atoms with E-state index in [1.165, 1.54) is 0 Å². The Morgan fingerprint density at radius 3 is 2.06 bits per heavy atom. The molecule has 18 heavy (non-hydrogen) atoms. The number of halogens is 1. The summed E-state index contributed by atoms with van der Waals surface area (Å²) in [6, 6.07) is 0. The fraction of sp³-hybridized carbons (Fsp3) is 0.714. The maximum absolute atomic E-state index is 14.2. The van der Waals surface area contributed by atoms with E-state index >= 15 is 0 Å². The minimum Gasteiger partial charge on any atom is -0.398 e. The zero-order valence-electron chi connectivity index (χ0n) is 12.3. The molecule has 0 saturated carbocycles. The van der Waals surface area contributed by atoms with Gasteiger partial charge in [0, 0.05) is 0 Å². The molecular weight excluding hydrogens is 230 g/mol. The van der Waals surface area contributed by atoms with Crippen LogP contribution in [0.15, 0.2) is 24.5 Å². The lowest BCUT2D eigenvalue weighted by molar-refractivity contribution is 0.00578. The smallest absolute Gasteiger partial charge is 0.398 e. The van der Waals surface area contributed by atoms with Gasteiger partial charge in [0.2, 0.25) is 0 Å². The molecule has 0 atom stereocenters. The van der Waals surface area contributed by atoms with Crippen LogP contribution in [-0.2, 0) is 9.31 Å². The molecule has 0 amide bonds. The van der Waals surface area contributed by atoms with Gasteiger partial charge < -0.3 is 9.31 Å². The molecule has 0 unspecified atom stereocenters. The Balaban J connectivity index is 2.85. The van der Waals surface area contributed by atoms with Crippen molar-refractivity contribution in [2.45, 2.75) is 59.2 Å². The minimum atomic E-state index is -0.904. The SMILES string of the molecule is C=CCC(C)(C)C=C(F)B1OC(C)(C)C(C)(C)O1. The molecule has 1 heterocycles. The first-order valence-corrected chi connectivity index (χ1v) is 6.35. The van der Waals surface area contributed by atoms with Crippen molar-refractivity contribution in [3.63, 3.8) is 0 Å². The van der Waals surface area contributed by atoms with E-state index in [0.717, 1.165) is 0 Å². The van der Waals surface area contributed by atoms with Gasteiger partial charge in [-0.1, -0.05) is 26.0 Å². The molecule has 0 N–H and O–H groups in total. The third-order valence-corrected chi connectivity index (χ3v) is 3.68. The number of rotatable bonds is 4. The summed E-state index contributed by atoms with van der Waals surface area (Å²) in [5.41, 5.74) is -1.66. The van der Waals surface area contributed by atoms with Crippen LogP contribution < -0.4 is 0 Å².